The van der Waals surface area contributed by atoms with Crippen molar-refractivity contribution in [3.63, 3.8) is 0 Å². The van der Waals surface area contributed by atoms with E-state index in [2.05, 4.69) is 55.5 Å². The fourth-order valence-electron chi connectivity index (χ4n) is 11.3. The van der Waals surface area contributed by atoms with Crippen LogP contribution in [0.15, 0.2) is 217 Å². The van der Waals surface area contributed by atoms with Crippen LogP contribution in [0.5, 0.6) is 0 Å². The summed E-state index contributed by atoms with van der Waals surface area (Å²) in [6.45, 7) is 21.2. The Morgan fingerprint density at radius 3 is 1.28 bits per heavy atom. The first-order chi connectivity index (χ1) is 42.3. The van der Waals surface area contributed by atoms with Crippen LogP contribution in [0.2, 0.25) is 0 Å². The topological polar surface area (TPSA) is 146 Å². The van der Waals surface area contributed by atoms with Crippen molar-refractivity contribution in [2.45, 2.75) is 142 Å². The summed E-state index contributed by atoms with van der Waals surface area (Å²) in [6.07, 6.45) is 8.64. The second kappa shape index (κ2) is 34.8. The number of ether oxygens (including phenoxy) is 6. The molecule has 0 N–H and O–H groups in total. The molecule has 6 aromatic rings. The summed E-state index contributed by atoms with van der Waals surface area (Å²) >= 11 is 0. The summed E-state index contributed by atoms with van der Waals surface area (Å²) in [5.41, 5.74) is 10.6. The maximum Gasteiger partial charge on any atom is 0.252 e. The Hall–Kier alpha value is -8.24. The molecule has 4 saturated heterocycles. The normalized spacial score (nSPS) is 21.8. The van der Waals surface area contributed by atoms with Crippen molar-refractivity contribution in [1.82, 2.24) is 9.80 Å². The molecule has 4 fully saturated rings. The van der Waals surface area contributed by atoms with Crippen molar-refractivity contribution < 1.29 is 42.7 Å². The molecule has 0 spiro atoms. The average Bonchev–Trinajstić information content (AvgIpc) is 1.66. The lowest BCUT2D eigenvalue weighted by Crippen LogP contribution is -2.61. The maximum absolute atomic E-state index is 12.7. The number of amides is 2. The molecule has 13 nitrogen and oxygen atoms in total. The van der Waals surface area contributed by atoms with Crippen LogP contribution in [0.1, 0.15) is 87.3 Å². The summed E-state index contributed by atoms with van der Waals surface area (Å²) in [5, 5.41) is 19.3. The minimum atomic E-state index is -0.276. The lowest BCUT2D eigenvalue weighted by Gasteiger charge is -2.45. The van der Waals surface area contributed by atoms with Crippen LogP contribution in [-0.2, 0) is 77.7 Å². The lowest BCUT2D eigenvalue weighted by atomic mass is 9.83. The molecule has 0 bridgehead atoms. The SMILES string of the molecule is C#CC(=C)C.C=C(C)[C@@H]1C(=O)N2[C@@H]1C[C@H](OCc1ccccc1)[C@@H]2COCc1ccccc1.CC#N.CC(C)=C1C(=O)N2[C@@H]1C[C@H](OCc1ccccc1)[C@@H]2COCc1ccccc1.[O-][N+]1=CC[C@H](OCc2ccccc2)[C@@H]1COCc1ccccc1. The summed E-state index contributed by atoms with van der Waals surface area (Å²) < 4.78 is 37.1. The number of hydroxylamine groups is 1. The molecule has 454 valence electrons. The second-order valence-electron chi connectivity index (χ2n) is 22.4. The monoisotopic (exact) mass is 1170 g/mol. The number of carbonyl (C=O) groups excluding carboxylic acids is 2. The minimum Gasteiger partial charge on any atom is -0.624 e. The number of hydrogen-bond donors (Lipinski definition) is 0. The molecular weight excluding hydrogens is 1090 g/mol. The molecule has 0 saturated carbocycles. The van der Waals surface area contributed by atoms with Crippen molar-refractivity contribution in [3.8, 4) is 18.4 Å². The van der Waals surface area contributed by atoms with E-state index in [0.29, 0.717) is 65.9 Å². The van der Waals surface area contributed by atoms with Gasteiger partial charge in [0, 0.05) is 18.9 Å². The van der Waals surface area contributed by atoms with Gasteiger partial charge in [0.05, 0.1) is 108 Å². The van der Waals surface area contributed by atoms with Gasteiger partial charge in [-0.1, -0.05) is 212 Å². The fraction of sp³-hybridized carbons (Fsp3) is 0.351. The van der Waals surface area contributed by atoms with Crippen molar-refractivity contribution >= 4 is 18.0 Å². The number of allylic oxidation sites excluding steroid dienone is 2. The summed E-state index contributed by atoms with van der Waals surface area (Å²) in [7, 11) is 0. The molecule has 9 atom stereocenters. The van der Waals surface area contributed by atoms with Gasteiger partial charge in [-0.2, -0.15) is 5.26 Å². The Morgan fingerprint density at radius 2 is 0.908 bits per heavy atom. The van der Waals surface area contributed by atoms with Crippen molar-refractivity contribution in [2.75, 3.05) is 19.8 Å². The molecule has 13 heteroatoms. The van der Waals surface area contributed by atoms with E-state index in [4.69, 9.17) is 40.1 Å². The number of carbonyl (C=O) groups is 2. The van der Waals surface area contributed by atoms with E-state index < -0.39 is 0 Å². The molecule has 87 heavy (non-hydrogen) atoms. The van der Waals surface area contributed by atoms with Gasteiger partial charge in [0.2, 0.25) is 11.9 Å². The molecule has 0 unspecified atom stereocenters. The van der Waals surface area contributed by atoms with E-state index in [0.717, 1.165) is 73.3 Å². The van der Waals surface area contributed by atoms with Gasteiger partial charge < -0.3 is 43.4 Å². The largest absolute Gasteiger partial charge is 0.624 e. The van der Waals surface area contributed by atoms with E-state index >= 15 is 0 Å². The number of nitrogens with zero attached hydrogens (tertiary/aromatic N) is 4. The van der Waals surface area contributed by atoms with E-state index in [1.54, 1.807) is 19.2 Å². The van der Waals surface area contributed by atoms with Gasteiger partial charge in [0.25, 0.3) is 5.91 Å². The van der Waals surface area contributed by atoms with E-state index in [9.17, 15) is 14.8 Å². The number of nitriles is 1. The van der Waals surface area contributed by atoms with Crippen LogP contribution in [0.3, 0.4) is 0 Å². The Kier molecular flexibility index (Phi) is 26.5. The number of fused-ring (bicyclic) bond motifs is 2. The molecule has 5 aliphatic rings. The molecule has 0 radical (unpaired) electrons. The maximum atomic E-state index is 12.7. The zero-order chi connectivity index (χ0) is 61.9. The zero-order valence-electron chi connectivity index (χ0n) is 51.0. The van der Waals surface area contributed by atoms with Gasteiger partial charge >= 0.3 is 0 Å². The molecule has 0 aromatic heterocycles. The van der Waals surface area contributed by atoms with Gasteiger partial charge in [0.1, 0.15) is 12.7 Å². The molecule has 5 heterocycles. The second-order valence-corrected chi connectivity index (χ2v) is 22.4. The predicted octanol–water partition coefficient (Wildman–Crippen LogP) is 12.9. The summed E-state index contributed by atoms with van der Waals surface area (Å²) in [4.78, 5) is 29.4. The van der Waals surface area contributed by atoms with Crippen LogP contribution < -0.4 is 0 Å². The zero-order valence-corrected chi connectivity index (χ0v) is 51.0. The summed E-state index contributed by atoms with van der Waals surface area (Å²) in [6, 6.07) is 62.3. The third-order valence-electron chi connectivity index (χ3n) is 15.6. The Balaban J connectivity index is 0.000000176. The van der Waals surface area contributed by atoms with Crippen LogP contribution in [0.25, 0.3) is 0 Å². The molecule has 6 aromatic carbocycles. The molecular formula is C74H84N4O9. The standard InChI is InChI=1S/2C24H27NO3.C19H21NO3.C5H6.C2H3N/c2*1-17(2)23-20-13-22(28-15-19-11-7-4-8-12-19)21(25(20)24(23)26)16-27-14-18-9-5-3-6-10-18;21-20-12-11-19(23-14-17-9-5-2-6-10-17)18(20)15-22-13-16-7-3-1-4-8-16;1-4-5(2)3;1-2-3/h3-12,20-22H,13-16H2,1-2H3;3-12,20-23H,1,13-16H2,2H3;1-10,12,18-19H,11,13-15H2;1H,2H2,3H3;1H3/t20-,21+,22+;20-,21+,22+,23+;18-,19-;;/m110../s1. The number of terminal acetylenes is 1. The van der Waals surface area contributed by atoms with Gasteiger partial charge in [-0.05, 0) is 73.1 Å². The number of β-lactam (4-membered cyclic amide) rings is 2. The number of hydrogen-bond acceptors (Lipinski definition) is 10. The van der Waals surface area contributed by atoms with Crippen molar-refractivity contribution in [2.24, 2.45) is 5.92 Å². The van der Waals surface area contributed by atoms with Crippen molar-refractivity contribution in [3.05, 3.63) is 256 Å². The van der Waals surface area contributed by atoms with Gasteiger partial charge in [-0.3, -0.25) is 9.59 Å². The smallest absolute Gasteiger partial charge is 0.252 e. The molecule has 5 aliphatic heterocycles. The highest BCUT2D eigenvalue weighted by Crippen LogP contribution is 2.45. The number of benzene rings is 6. The molecule has 2 amide bonds. The van der Waals surface area contributed by atoms with E-state index in [-0.39, 0.29) is 66.3 Å². The van der Waals surface area contributed by atoms with E-state index in [1.165, 1.54) is 6.92 Å². The first-order valence-corrected chi connectivity index (χ1v) is 29.8. The quantitative estimate of drug-likeness (QED) is 0.0161. The van der Waals surface area contributed by atoms with Gasteiger partial charge in [-0.25, -0.2) is 4.74 Å². The predicted molar refractivity (Wildman–Crippen MR) is 341 cm³/mol. The van der Waals surface area contributed by atoms with Crippen LogP contribution in [-0.4, -0.2) is 101 Å². The Morgan fingerprint density at radius 1 is 0.563 bits per heavy atom. The first kappa shape index (κ1) is 66.3. The fourth-order valence-corrected chi connectivity index (χ4v) is 11.3. The third-order valence-corrected chi connectivity index (χ3v) is 15.6. The van der Waals surface area contributed by atoms with Crippen LogP contribution >= 0.6 is 0 Å². The highest BCUT2D eigenvalue weighted by atomic mass is 16.5. The summed E-state index contributed by atoms with van der Waals surface area (Å²) in [5.74, 6) is 2.57. The molecule has 11 rings (SSSR count). The average molecular weight is 1170 g/mol. The van der Waals surface area contributed by atoms with Gasteiger partial charge in [0.15, 0.2) is 6.21 Å². The van der Waals surface area contributed by atoms with Crippen molar-refractivity contribution in [1.29, 1.82) is 5.26 Å². The Labute approximate surface area is 515 Å². The third kappa shape index (κ3) is 19.4. The van der Waals surface area contributed by atoms with Crippen LogP contribution in [0, 0.1) is 34.8 Å². The highest BCUT2D eigenvalue weighted by Gasteiger charge is 2.58. The minimum absolute atomic E-state index is 0.0122. The Bertz CT molecular complexity index is 3240. The van der Waals surface area contributed by atoms with Crippen LogP contribution in [0.4, 0.5) is 0 Å². The first-order valence-electron chi connectivity index (χ1n) is 29.8. The van der Waals surface area contributed by atoms with E-state index in [1.807, 2.05) is 176 Å². The van der Waals surface area contributed by atoms with Gasteiger partial charge in [-0.15, -0.1) is 6.42 Å². The number of rotatable bonds is 22. The lowest BCUT2D eigenvalue weighted by molar-refractivity contribution is -0.504. The molecule has 0 aliphatic carbocycles. The highest BCUT2D eigenvalue weighted by molar-refractivity contribution is 6.03.